The zero-order valence-corrected chi connectivity index (χ0v) is 10.3. The Morgan fingerprint density at radius 2 is 1.62 bits per heavy atom. The summed E-state index contributed by atoms with van der Waals surface area (Å²) in [5.41, 5.74) is 0.0846. The molecule has 0 amide bonds. The van der Waals surface area contributed by atoms with E-state index in [9.17, 15) is 26.7 Å². The lowest BCUT2D eigenvalue weighted by Crippen LogP contribution is -2.15. The molecule has 0 saturated carbocycles. The number of carbonyl (C=O) groups excluding carboxylic acids is 1. The summed E-state index contributed by atoms with van der Waals surface area (Å²) in [6.45, 7) is 1.49. The molecule has 0 N–H and O–H groups in total. The number of aromatic nitrogens is 1. The minimum absolute atomic E-state index is 0.0846. The maximum absolute atomic E-state index is 13.3. The molecule has 2 aromatic rings. The van der Waals surface area contributed by atoms with Crippen LogP contribution in [-0.4, -0.2) is 11.0 Å². The molecule has 112 valence electrons. The van der Waals surface area contributed by atoms with Crippen LogP contribution in [-0.2, 0) is 11.2 Å². The molecule has 21 heavy (non-hydrogen) atoms. The van der Waals surface area contributed by atoms with E-state index in [0.717, 1.165) is 6.26 Å². The zero-order valence-electron chi connectivity index (χ0n) is 10.3. The van der Waals surface area contributed by atoms with Gasteiger partial charge in [0.05, 0.1) is 12.1 Å². The molecule has 0 radical (unpaired) electrons. The molecule has 0 spiro atoms. The van der Waals surface area contributed by atoms with Gasteiger partial charge in [0.1, 0.15) is 6.26 Å². The predicted octanol–water partition coefficient (Wildman–Crippen LogP) is 2.83. The maximum atomic E-state index is 13.3. The Morgan fingerprint density at radius 1 is 1.10 bits per heavy atom. The highest BCUT2D eigenvalue weighted by Crippen LogP contribution is 2.29. The topological polar surface area (TPSA) is 52.3 Å². The van der Waals surface area contributed by atoms with Gasteiger partial charge in [-0.25, -0.2) is 18.2 Å². The van der Waals surface area contributed by atoms with Crippen molar-refractivity contribution in [3.8, 4) is 5.75 Å². The minimum Gasteiger partial charge on any atom is -0.449 e. The summed E-state index contributed by atoms with van der Waals surface area (Å²) in [4.78, 5) is 15.2. The average Bonchev–Trinajstić information content (AvgIpc) is 2.84. The monoisotopic (exact) mass is 307 g/mol. The van der Waals surface area contributed by atoms with Gasteiger partial charge in [-0.1, -0.05) is 0 Å². The molecule has 0 unspecified atom stereocenters. The lowest BCUT2D eigenvalue weighted by atomic mass is 10.2. The van der Waals surface area contributed by atoms with Crippen molar-refractivity contribution >= 4 is 5.97 Å². The molecule has 1 aromatic heterocycles. The van der Waals surface area contributed by atoms with Crippen LogP contribution in [0.2, 0.25) is 0 Å². The van der Waals surface area contributed by atoms with Gasteiger partial charge in [0.2, 0.25) is 34.8 Å². The second-order valence-electron chi connectivity index (χ2n) is 3.91. The first-order chi connectivity index (χ1) is 9.81. The molecule has 1 aromatic carbocycles. The van der Waals surface area contributed by atoms with Gasteiger partial charge in [-0.15, -0.1) is 0 Å². The number of benzene rings is 1. The third-order valence-corrected chi connectivity index (χ3v) is 2.38. The van der Waals surface area contributed by atoms with Crippen LogP contribution in [0.5, 0.6) is 5.75 Å². The SMILES string of the molecule is Cc1nc(CC(=O)Oc2c(F)c(F)c(F)c(F)c2F)co1. The van der Waals surface area contributed by atoms with E-state index in [0.29, 0.717) is 0 Å². The van der Waals surface area contributed by atoms with Crippen molar-refractivity contribution in [3.63, 3.8) is 0 Å². The van der Waals surface area contributed by atoms with Crippen molar-refractivity contribution in [2.45, 2.75) is 13.3 Å². The van der Waals surface area contributed by atoms with Gasteiger partial charge in [-0.2, -0.15) is 8.78 Å². The van der Waals surface area contributed by atoms with Gasteiger partial charge in [0.25, 0.3) is 0 Å². The number of nitrogens with zero attached hydrogens (tertiary/aromatic N) is 1. The van der Waals surface area contributed by atoms with Crippen LogP contribution in [0, 0.1) is 36.0 Å². The van der Waals surface area contributed by atoms with E-state index in [-0.39, 0.29) is 11.6 Å². The van der Waals surface area contributed by atoms with Crippen molar-refractivity contribution in [2.75, 3.05) is 0 Å². The number of halogens is 5. The molecular formula is C12H6F5NO3. The van der Waals surface area contributed by atoms with Crippen LogP contribution in [0.25, 0.3) is 0 Å². The van der Waals surface area contributed by atoms with Crippen LogP contribution < -0.4 is 4.74 Å². The summed E-state index contributed by atoms with van der Waals surface area (Å²) in [6, 6.07) is 0. The number of hydrogen-bond acceptors (Lipinski definition) is 4. The first kappa shape index (κ1) is 14.9. The predicted molar refractivity (Wildman–Crippen MR) is 56.8 cm³/mol. The molecule has 0 saturated heterocycles. The lowest BCUT2D eigenvalue weighted by Gasteiger charge is -2.08. The second-order valence-corrected chi connectivity index (χ2v) is 3.91. The van der Waals surface area contributed by atoms with Crippen molar-refractivity contribution < 1.29 is 35.9 Å². The zero-order chi connectivity index (χ0) is 15.7. The van der Waals surface area contributed by atoms with Crippen molar-refractivity contribution in [1.82, 2.24) is 4.98 Å². The molecule has 0 bridgehead atoms. The molecule has 0 aliphatic rings. The van der Waals surface area contributed by atoms with Crippen molar-refractivity contribution in [3.05, 3.63) is 46.9 Å². The quantitative estimate of drug-likeness (QED) is 0.288. The van der Waals surface area contributed by atoms with Gasteiger partial charge < -0.3 is 9.15 Å². The molecule has 0 fully saturated rings. The first-order valence-electron chi connectivity index (χ1n) is 5.44. The highest BCUT2D eigenvalue weighted by Gasteiger charge is 2.28. The van der Waals surface area contributed by atoms with E-state index in [1.165, 1.54) is 6.92 Å². The van der Waals surface area contributed by atoms with Crippen LogP contribution in [0.15, 0.2) is 10.7 Å². The van der Waals surface area contributed by atoms with E-state index in [4.69, 9.17) is 4.42 Å². The minimum atomic E-state index is -2.34. The summed E-state index contributed by atoms with van der Waals surface area (Å²) < 4.78 is 74.1. The highest BCUT2D eigenvalue weighted by molar-refractivity contribution is 5.74. The maximum Gasteiger partial charge on any atom is 0.317 e. The van der Waals surface area contributed by atoms with Crippen LogP contribution in [0.4, 0.5) is 22.0 Å². The fourth-order valence-corrected chi connectivity index (χ4v) is 1.46. The molecular weight excluding hydrogens is 301 g/mol. The Kier molecular flexibility index (Phi) is 3.92. The number of esters is 1. The van der Waals surface area contributed by atoms with Crippen LogP contribution in [0.1, 0.15) is 11.6 Å². The van der Waals surface area contributed by atoms with E-state index in [1.54, 1.807) is 0 Å². The first-order valence-corrected chi connectivity index (χ1v) is 5.44. The molecule has 0 aliphatic carbocycles. The van der Waals surface area contributed by atoms with Crippen molar-refractivity contribution in [1.29, 1.82) is 0 Å². The number of oxazole rings is 1. The Balaban J connectivity index is 2.25. The largest absolute Gasteiger partial charge is 0.449 e. The third-order valence-electron chi connectivity index (χ3n) is 2.38. The van der Waals surface area contributed by atoms with Crippen LogP contribution >= 0.6 is 0 Å². The summed E-state index contributed by atoms with van der Waals surface area (Å²) >= 11 is 0. The van der Waals surface area contributed by atoms with E-state index in [2.05, 4.69) is 9.72 Å². The molecule has 9 heteroatoms. The highest BCUT2D eigenvalue weighted by atomic mass is 19.2. The van der Waals surface area contributed by atoms with E-state index in [1.807, 2.05) is 0 Å². The van der Waals surface area contributed by atoms with Gasteiger partial charge in [-0.3, -0.25) is 4.79 Å². The summed E-state index contributed by atoms with van der Waals surface area (Å²) in [7, 11) is 0. The Morgan fingerprint density at radius 3 is 2.10 bits per heavy atom. The third kappa shape index (κ3) is 2.86. The molecule has 2 rings (SSSR count). The summed E-state index contributed by atoms with van der Waals surface area (Å²) in [6.07, 6.45) is 0.534. The Labute approximate surface area is 114 Å². The Hall–Kier alpha value is -2.45. The lowest BCUT2D eigenvalue weighted by molar-refractivity contribution is -0.134. The van der Waals surface area contributed by atoms with Gasteiger partial charge in [-0.05, 0) is 0 Å². The number of aryl methyl sites for hydroxylation is 1. The molecule has 0 aliphatic heterocycles. The average molecular weight is 307 g/mol. The van der Waals surface area contributed by atoms with Gasteiger partial charge in [0.15, 0.2) is 5.89 Å². The van der Waals surface area contributed by atoms with Gasteiger partial charge in [0, 0.05) is 6.92 Å². The van der Waals surface area contributed by atoms with Crippen LogP contribution in [0.3, 0.4) is 0 Å². The standard InChI is InChI=1S/C12H6F5NO3/c1-4-18-5(3-20-4)2-6(19)21-12-10(16)8(14)7(13)9(15)11(12)17/h3H,2H2,1H3. The molecule has 0 atom stereocenters. The fraction of sp³-hybridized carbons (Fsp3) is 0.167. The second kappa shape index (κ2) is 5.51. The number of ether oxygens (including phenoxy) is 1. The van der Waals surface area contributed by atoms with E-state index < -0.39 is 47.2 Å². The van der Waals surface area contributed by atoms with E-state index >= 15 is 0 Å². The number of carbonyl (C=O) groups is 1. The normalized spacial score (nSPS) is 10.8. The summed E-state index contributed by atoms with van der Waals surface area (Å²) in [5, 5.41) is 0. The summed E-state index contributed by atoms with van der Waals surface area (Å²) in [5.74, 6) is -13.9. The smallest absolute Gasteiger partial charge is 0.317 e. The molecule has 1 heterocycles. The Bertz CT molecular complexity index is 684. The fourth-order valence-electron chi connectivity index (χ4n) is 1.46. The number of rotatable bonds is 3. The van der Waals surface area contributed by atoms with Crippen molar-refractivity contribution in [2.24, 2.45) is 0 Å². The molecule has 4 nitrogen and oxygen atoms in total. The number of hydrogen-bond donors (Lipinski definition) is 0. The van der Waals surface area contributed by atoms with Gasteiger partial charge >= 0.3 is 5.97 Å².